The van der Waals surface area contributed by atoms with Crippen molar-refractivity contribution in [2.45, 2.75) is 32.1 Å². The number of aromatic nitrogens is 1. The van der Waals surface area contributed by atoms with Crippen LogP contribution in [0.2, 0.25) is 0 Å². The van der Waals surface area contributed by atoms with Crippen LogP contribution >= 0.6 is 11.8 Å². The SMILES string of the molecule is CCNC(=NCc1nccc2ccccc12)N1CCSC(CC)C1. The maximum atomic E-state index is 4.89. The number of nitrogens with one attached hydrogen (secondary N) is 1. The fraction of sp³-hybridized carbons (Fsp3) is 0.474. The van der Waals surface area contributed by atoms with E-state index >= 15 is 0 Å². The predicted octanol–water partition coefficient (Wildman–Crippen LogP) is 3.53. The van der Waals surface area contributed by atoms with Crippen molar-refractivity contribution in [1.29, 1.82) is 0 Å². The zero-order valence-electron chi connectivity index (χ0n) is 14.5. The lowest BCUT2D eigenvalue weighted by molar-refractivity contribution is 0.408. The van der Waals surface area contributed by atoms with Crippen LogP contribution in [0.15, 0.2) is 41.5 Å². The van der Waals surface area contributed by atoms with E-state index in [0.717, 1.165) is 31.3 Å². The van der Waals surface area contributed by atoms with Crippen LogP contribution < -0.4 is 5.32 Å². The van der Waals surface area contributed by atoms with Gasteiger partial charge in [0.25, 0.3) is 0 Å². The summed E-state index contributed by atoms with van der Waals surface area (Å²) in [4.78, 5) is 11.8. The fourth-order valence-corrected chi connectivity index (χ4v) is 4.22. The number of hydrogen-bond donors (Lipinski definition) is 1. The average Bonchev–Trinajstić information content (AvgIpc) is 2.65. The number of aliphatic imine (C=N–C) groups is 1. The Morgan fingerprint density at radius 3 is 3.04 bits per heavy atom. The minimum absolute atomic E-state index is 0.615. The molecule has 1 fully saturated rings. The molecule has 1 aromatic carbocycles. The summed E-state index contributed by atoms with van der Waals surface area (Å²) in [6.45, 7) is 8.05. The zero-order valence-corrected chi connectivity index (χ0v) is 15.4. The molecule has 1 aliphatic rings. The predicted molar refractivity (Wildman–Crippen MR) is 105 cm³/mol. The normalized spacial score (nSPS) is 18.8. The molecule has 1 aliphatic heterocycles. The van der Waals surface area contributed by atoms with E-state index in [0.29, 0.717) is 11.8 Å². The van der Waals surface area contributed by atoms with E-state index in [1.807, 2.05) is 6.20 Å². The number of nitrogens with zero attached hydrogens (tertiary/aromatic N) is 3. The second kappa shape index (κ2) is 8.38. The second-order valence-electron chi connectivity index (χ2n) is 6.00. The summed E-state index contributed by atoms with van der Waals surface area (Å²) in [5, 5.41) is 6.58. The van der Waals surface area contributed by atoms with Gasteiger partial charge in [-0.05, 0) is 24.8 Å². The summed E-state index contributed by atoms with van der Waals surface area (Å²) in [6, 6.07) is 10.4. The van der Waals surface area contributed by atoms with Crippen LogP contribution in [0.5, 0.6) is 0 Å². The number of hydrogen-bond acceptors (Lipinski definition) is 3. The molecule has 4 nitrogen and oxygen atoms in total. The molecule has 5 heteroatoms. The quantitative estimate of drug-likeness (QED) is 0.682. The van der Waals surface area contributed by atoms with Crippen LogP contribution in [-0.2, 0) is 6.54 Å². The largest absolute Gasteiger partial charge is 0.357 e. The van der Waals surface area contributed by atoms with Gasteiger partial charge in [-0.25, -0.2) is 4.99 Å². The highest BCUT2D eigenvalue weighted by Gasteiger charge is 2.21. The van der Waals surface area contributed by atoms with Gasteiger partial charge in [-0.1, -0.05) is 31.2 Å². The van der Waals surface area contributed by atoms with Crippen LogP contribution in [0.25, 0.3) is 10.8 Å². The van der Waals surface area contributed by atoms with Crippen LogP contribution in [0.3, 0.4) is 0 Å². The van der Waals surface area contributed by atoms with Crippen molar-refractivity contribution in [3.8, 4) is 0 Å². The molecule has 1 unspecified atom stereocenters. The number of thioether (sulfide) groups is 1. The van der Waals surface area contributed by atoms with Crippen molar-refractivity contribution in [2.24, 2.45) is 4.99 Å². The molecule has 1 saturated heterocycles. The van der Waals surface area contributed by atoms with Gasteiger partial charge in [-0.3, -0.25) is 4.98 Å². The highest BCUT2D eigenvalue weighted by Crippen LogP contribution is 2.21. The molecule has 24 heavy (non-hydrogen) atoms. The molecule has 2 aromatic rings. The minimum Gasteiger partial charge on any atom is -0.357 e. The summed E-state index contributed by atoms with van der Waals surface area (Å²) >= 11 is 2.08. The highest BCUT2D eigenvalue weighted by molar-refractivity contribution is 8.00. The lowest BCUT2D eigenvalue weighted by atomic mass is 10.1. The van der Waals surface area contributed by atoms with Gasteiger partial charge in [0.05, 0.1) is 12.2 Å². The fourth-order valence-electron chi connectivity index (χ4n) is 3.04. The highest BCUT2D eigenvalue weighted by atomic mass is 32.2. The first kappa shape index (κ1) is 17.1. The van der Waals surface area contributed by atoms with E-state index in [2.05, 4.69) is 71.1 Å². The molecule has 0 amide bonds. The van der Waals surface area contributed by atoms with Crippen LogP contribution in [0, 0.1) is 0 Å². The van der Waals surface area contributed by atoms with Crippen molar-refractivity contribution in [2.75, 3.05) is 25.4 Å². The first-order chi connectivity index (χ1) is 11.8. The Balaban J connectivity index is 1.80. The smallest absolute Gasteiger partial charge is 0.194 e. The summed E-state index contributed by atoms with van der Waals surface area (Å²) in [5.74, 6) is 2.20. The Labute approximate surface area is 148 Å². The van der Waals surface area contributed by atoms with E-state index in [4.69, 9.17) is 4.99 Å². The molecular formula is C19H26N4S. The molecule has 128 valence electrons. The van der Waals surface area contributed by atoms with Gasteiger partial charge < -0.3 is 10.2 Å². The number of guanidine groups is 1. The Kier molecular flexibility index (Phi) is 5.96. The van der Waals surface area contributed by atoms with Gasteiger partial charge in [0.2, 0.25) is 0 Å². The third kappa shape index (κ3) is 4.01. The lowest BCUT2D eigenvalue weighted by Gasteiger charge is -2.34. The van der Waals surface area contributed by atoms with E-state index in [1.54, 1.807) is 0 Å². The van der Waals surface area contributed by atoms with Gasteiger partial charge in [0, 0.05) is 42.2 Å². The average molecular weight is 343 g/mol. The van der Waals surface area contributed by atoms with Gasteiger partial charge in [-0.2, -0.15) is 11.8 Å². The van der Waals surface area contributed by atoms with E-state index in [1.165, 1.54) is 22.9 Å². The van der Waals surface area contributed by atoms with Crippen molar-refractivity contribution in [1.82, 2.24) is 15.2 Å². The second-order valence-corrected chi connectivity index (χ2v) is 7.40. The molecule has 3 rings (SSSR count). The molecular weight excluding hydrogens is 316 g/mol. The van der Waals surface area contributed by atoms with Crippen LogP contribution in [0.1, 0.15) is 26.0 Å². The van der Waals surface area contributed by atoms with E-state index in [9.17, 15) is 0 Å². The molecule has 1 aromatic heterocycles. The summed E-state index contributed by atoms with van der Waals surface area (Å²) < 4.78 is 0. The molecule has 1 atom stereocenters. The Morgan fingerprint density at radius 2 is 2.21 bits per heavy atom. The maximum absolute atomic E-state index is 4.89. The van der Waals surface area contributed by atoms with Crippen molar-refractivity contribution in [3.63, 3.8) is 0 Å². The summed E-state index contributed by atoms with van der Waals surface area (Å²) in [6.07, 6.45) is 3.09. The van der Waals surface area contributed by atoms with Gasteiger partial charge in [0.1, 0.15) is 0 Å². The summed E-state index contributed by atoms with van der Waals surface area (Å²) in [5.41, 5.74) is 1.04. The molecule has 2 heterocycles. The minimum atomic E-state index is 0.615. The van der Waals surface area contributed by atoms with Crippen LogP contribution in [-0.4, -0.2) is 46.5 Å². The Bertz CT molecular complexity index is 695. The van der Waals surface area contributed by atoms with E-state index in [-0.39, 0.29) is 0 Å². The number of rotatable bonds is 4. The van der Waals surface area contributed by atoms with Crippen molar-refractivity contribution < 1.29 is 0 Å². The van der Waals surface area contributed by atoms with Gasteiger partial charge in [-0.15, -0.1) is 0 Å². The third-order valence-corrected chi connectivity index (χ3v) is 5.74. The van der Waals surface area contributed by atoms with Gasteiger partial charge >= 0.3 is 0 Å². The van der Waals surface area contributed by atoms with E-state index < -0.39 is 0 Å². The molecule has 0 aliphatic carbocycles. The zero-order chi connectivity index (χ0) is 16.8. The first-order valence-electron chi connectivity index (χ1n) is 8.79. The number of pyridine rings is 1. The first-order valence-corrected chi connectivity index (χ1v) is 9.84. The molecule has 0 bridgehead atoms. The maximum Gasteiger partial charge on any atom is 0.194 e. The van der Waals surface area contributed by atoms with Crippen molar-refractivity contribution in [3.05, 3.63) is 42.2 Å². The molecule has 0 radical (unpaired) electrons. The number of benzene rings is 1. The molecule has 1 N–H and O–H groups in total. The molecule has 0 saturated carbocycles. The topological polar surface area (TPSA) is 40.5 Å². The third-order valence-electron chi connectivity index (χ3n) is 4.36. The Hall–Kier alpha value is -1.75. The Morgan fingerprint density at radius 1 is 1.33 bits per heavy atom. The molecule has 0 spiro atoms. The van der Waals surface area contributed by atoms with Crippen LogP contribution in [0.4, 0.5) is 0 Å². The standard InChI is InChI=1S/C19H26N4S/c1-3-16-14-23(11-12-24-16)19(20-4-2)22-13-18-17-8-6-5-7-15(17)9-10-21-18/h5-10,16H,3-4,11-14H2,1-2H3,(H,20,22). The monoisotopic (exact) mass is 342 g/mol. The van der Waals surface area contributed by atoms with Crippen molar-refractivity contribution >= 4 is 28.5 Å². The lowest BCUT2D eigenvalue weighted by Crippen LogP contribution is -2.48. The number of fused-ring (bicyclic) bond motifs is 1. The van der Waals surface area contributed by atoms with Gasteiger partial charge in [0.15, 0.2) is 5.96 Å². The summed E-state index contributed by atoms with van der Waals surface area (Å²) in [7, 11) is 0.